The summed E-state index contributed by atoms with van der Waals surface area (Å²) in [5.74, 6) is 0.942. The van der Waals surface area contributed by atoms with Gasteiger partial charge in [-0.3, -0.25) is 4.79 Å². The van der Waals surface area contributed by atoms with Crippen LogP contribution in [-0.2, 0) is 4.79 Å². The molecule has 2 aliphatic rings. The molecular weight excluding hydrogens is 222 g/mol. The largest absolute Gasteiger partial charge is 0.300 e. The van der Waals surface area contributed by atoms with Crippen molar-refractivity contribution in [3.05, 3.63) is 5.01 Å². The molecule has 0 unspecified atom stereocenters. The Morgan fingerprint density at radius 3 is 2.62 bits per heavy atom. The topological polar surface area (TPSA) is 54.9 Å². The lowest BCUT2D eigenvalue weighted by molar-refractivity contribution is -0.117. The molecule has 3 rings (SSSR count). The van der Waals surface area contributed by atoms with Crippen LogP contribution >= 0.6 is 11.3 Å². The molecule has 1 aromatic rings. The molecule has 1 N–H and O–H groups in total. The fourth-order valence-electron chi connectivity index (χ4n) is 2.18. The molecule has 2 saturated carbocycles. The van der Waals surface area contributed by atoms with Gasteiger partial charge in [-0.2, -0.15) is 0 Å². The van der Waals surface area contributed by atoms with E-state index in [0.29, 0.717) is 11.0 Å². The first-order chi connectivity index (χ1) is 7.83. The number of carbonyl (C=O) groups is 1. The summed E-state index contributed by atoms with van der Waals surface area (Å²) in [6.45, 7) is 0. The van der Waals surface area contributed by atoms with Crippen molar-refractivity contribution in [2.45, 2.75) is 44.4 Å². The van der Waals surface area contributed by atoms with Gasteiger partial charge in [-0.05, 0) is 25.7 Å². The van der Waals surface area contributed by atoms with Crippen molar-refractivity contribution < 1.29 is 4.79 Å². The summed E-state index contributed by atoms with van der Waals surface area (Å²) >= 11 is 1.55. The molecule has 1 aromatic heterocycles. The molecule has 0 aliphatic heterocycles. The Morgan fingerprint density at radius 1 is 1.19 bits per heavy atom. The van der Waals surface area contributed by atoms with Crippen LogP contribution in [-0.4, -0.2) is 16.1 Å². The highest BCUT2D eigenvalue weighted by Gasteiger charge is 2.30. The molecule has 1 heterocycles. The van der Waals surface area contributed by atoms with Crippen molar-refractivity contribution in [2.24, 2.45) is 5.92 Å². The van der Waals surface area contributed by atoms with Gasteiger partial charge in [0.05, 0.1) is 0 Å². The Hall–Kier alpha value is -0.970. The molecule has 16 heavy (non-hydrogen) atoms. The van der Waals surface area contributed by atoms with E-state index in [0.717, 1.165) is 17.8 Å². The second-order valence-corrected chi connectivity index (χ2v) is 5.70. The van der Waals surface area contributed by atoms with Gasteiger partial charge in [-0.15, -0.1) is 10.2 Å². The molecule has 86 valence electrons. The Labute approximate surface area is 98.5 Å². The van der Waals surface area contributed by atoms with Crippen LogP contribution in [0.4, 0.5) is 5.13 Å². The minimum atomic E-state index is 0.120. The highest BCUT2D eigenvalue weighted by molar-refractivity contribution is 7.15. The number of hydrogen-bond donors (Lipinski definition) is 1. The van der Waals surface area contributed by atoms with E-state index in [2.05, 4.69) is 15.5 Å². The van der Waals surface area contributed by atoms with E-state index < -0.39 is 0 Å². The third kappa shape index (κ3) is 2.09. The van der Waals surface area contributed by atoms with Gasteiger partial charge in [-0.25, -0.2) is 0 Å². The van der Waals surface area contributed by atoms with Gasteiger partial charge in [0.2, 0.25) is 11.0 Å². The summed E-state index contributed by atoms with van der Waals surface area (Å²) in [7, 11) is 0. The van der Waals surface area contributed by atoms with Crippen LogP contribution in [0.25, 0.3) is 0 Å². The monoisotopic (exact) mass is 237 g/mol. The minimum Gasteiger partial charge on any atom is -0.300 e. The maximum absolute atomic E-state index is 11.5. The zero-order chi connectivity index (χ0) is 11.0. The van der Waals surface area contributed by atoms with Crippen LogP contribution in [0.1, 0.15) is 49.5 Å². The van der Waals surface area contributed by atoms with Gasteiger partial charge in [0.1, 0.15) is 5.01 Å². The van der Waals surface area contributed by atoms with E-state index in [1.54, 1.807) is 11.3 Å². The Kier molecular flexibility index (Phi) is 2.63. The summed E-state index contributed by atoms with van der Waals surface area (Å²) in [4.78, 5) is 11.5. The van der Waals surface area contributed by atoms with Crippen molar-refractivity contribution in [2.75, 3.05) is 5.32 Å². The van der Waals surface area contributed by atoms with Crippen LogP contribution < -0.4 is 5.32 Å². The predicted octanol–water partition coefficient (Wildman–Crippen LogP) is 2.54. The first-order valence-corrected chi connectivity index (χ1v) is 6.79. The normalized spacial score (nSPS) is 21.2. The minimum absolute atomic E-state index is 0.120. The van der Waals surface area contributed by atoms with E-state index in [9.17, 15) is 4.79 Å². The van der Waals surface area contributed by atoms with Crippen molar-refractivity contribution in [3.63, 3.8) is 0 Å². The summed E-state index contributed by atoms with van der Waals surface area (Å²) in [6.07, 6.45) is 7.11. The summed E-state index contributed by atoms with van der Waals surface area (Å²) in [6, 6.07) is 0. The molecule has 0 spiro atoms. The van der Waals surface area contributed by atoms with Crippen LogP contribution in [0.2, 0.25) is 0 Å². The van der Waals surface area contributed by atoms with Crippen molar-refractivity contribution in [3.8, 4) is 0 Å². The van der Waals surface area contributed by atoms with Crippen LogP contribution in [0.15, 0.2) is 0 Å². The lowest BCUT2D eigenvalue weighted by Crippen LogP contribution is -2.12. The fraction of sp³-hybridized carbons (Fsp3) is 0.727. The van der Waals surface area contributed by atoms with Gasteiger partial charge in [0.25, 0.3) is 0 Å². The third-order valence-corrected chi connectivity index (χ3v) is 4.32. The van der Waals surface area contributed by atoms with Gasteiger partial charge in [0.15, 0.2) is 0 Å². The zero-order valence-corrected chi connectivity index (χ0v) is 9.92. The molecular formula is C11H15N3OS. The standard InChI is InChI=1S/C11H15N3OS/c15-9(7-5-6-7)12-11-14-13-10(16-11)8-3-1-2-4-8/h7-8H,1-6H2,(H,12,14,15). The molecule has 2 fully saturated rings. The van der Waals surface area contributed by atoms with E-state index in [1.807, 2.05) is 0 Å². The number of nitrogens with zero attached hydrogens (tertiary/aromatic N) is 2. The highest BCUT2D eigenvalue weighted by Crippen LogP contribution is 2.37. The smallest absolute Gasteiger partial charge is 0.229 e. The van der Waals surface area contributed by atoms with Crippen LogP contribution in [0, 0.1) is 5.92 Å². The molecule has 1 amide bonds. The van der Waals surface area contributed by atoms with Crippen molar-refractivity contribution >= 4 is 22.4 Å². The molecule has 0 atom stereocenters. The number of aromatic nitrogens is 2. The average molecular weight is 237 g/mol. The molecule has 0 radical (unpaired) electrons. The van der Waals surface area contributed by atoms with Gasteiger partial charge in [0, 0.05) is 11.8 Å². The lowest BCUT2D eigenvalue weighted by atomic mass is 10.1. The first kappa shape index (κ1) is 10.2. The number of hydrogen-bond acceptors (Lipinski definition) is 4. The van der Waals surface area contributed by atoms with Crippen molar-refractivity contribution in [1.82, 2.24) is 10.2 Å². The van der Waals surface area contributed by atoms with E-state index in [1.165, 1.54) is 25.7 Å². The number of anilines is 1. The third-order valence-electron chi connectivity index (χ3n) is 3.32. The maximum atomic E-state index is 11.5. The van der Waals surface area contributed by atoms with Gasteiger partial charge >= 0.3 is 0 Å². The SMILES string of the molecule is O=C(Nc1nnc(C2CCCC2)s1)C1CC1. The van der Waals surface area contributed by atoms with E-state index in [-0.39, 0.29) is 11.8 Å². The summed E-state index contributed by atoms with van der Waals surface area (Å²) in [5.41, 5.74) is 0. The quantitative estimate of drug-likeness (QED) is 0.879. The Morgan fingerprint density at radius 2 is 1.94 bits per heavy atom. The fourth-order valence-corrected chi connectivity index (χ4v) is 3.09. The molecule has 5 heteroatoms. The molecule has 4 nitrogen and oxygen atoms in total. The highest BCUT2D eigenvalue weighted by atomic mass is 32.1. The maximum Gasteiger partial charge on any atom is 0.229 e. The van der Waals surface area contributed by atoms with Gasteiger partial charge < -0.3 is 5.32 Å². The first-order valence-electron chi connectivity index (χ1n) is 5.97. The predicted molar refractivity (Wildman–Crippen MR) is 62.5 cm³/mol. The second-order valence-electron chi connectivity index (χ2n) is 4.69. The molecule has 0 bridgehead atoms. The second kappa shape index (κ2) is 4.13. The molecule has 0 aromatic carbocycles. The molecule has 2 aliphatic carbocycles. The summed E-state index contributed by atoms with van der Waals surface area (Å²) in [5, 5.41) is 12.9. The summed E-state index contributed by atoms with van der Waals surface area (Å²) < 4.78 is 0. The van der Waals surface area contributed by atoms with Gasteiger partial charge in [-0.1, -0.05) is 24.2 Å². The number of carbonyl (C=O) groups excluding carboxylic acids is 1. The van der Waals surface area contributed by atoms with Crippen LogP contribution in [0.3, 0.4) is 0 Å². The van der Waals surface area contributed by atoms with Crippen LogP contribution in [0.5, 0.6) is 0 Å². The number of rotatable bonds is 3. The Bertz CT molecular complexity index is 394. The molecule has 0 saturated heterocycles. The average Bonchev–Trinajstić information content (AvgIpc) is 2.80. The van der Waals surface area contributed by atoms with E-state index >= 15 is 0 Å². The number of amides is 1. The lowest BCUT2D eigenvalue weighted by Gasteiger charge is -2.01. The Balaban J connectivity index is 1.64. The number of nitrogens with one attached hydrogen (secondary N) is 1. The van der Waals surface area contributed by atoms with Crippen molar-refractivity contribution in [1.29, 1.82) is 0 Å². The van der Waals surface area contributed by atoms with E-state index in [4.69, 9.17) is 0 Å². The zero-order valence-electron chi connectivity index (χ0n) is 9.11.